The topological polar surface area (TPSA) is 51.8 Å². The first-order valence-corrected chi connectivity index (χ1v) is 19.3. The summed E-state index contributed by atoms with van der Waals surface area (Å²) in [6.45, 7) is 0. The van der Waals surface area contributed by atoms with Crippen molar-refractivity contribution in [2.24, 2.45) is 23.7 Å². The average molecular weight is 684 g/mol. The highest BCUT2D eigenvalue weighted by molar-refractivity contribution is 6.06. The van der Waals surface area contributed by atoms with Crippen LogP contribution in [-0.2, 0) is 5.41 Å². The van der Waals surface area contributed by atoms with Crippen molar-refractivity contribution in [3.05, 3.63) is 151 Å². The van der Waals surface area contributed by atoms with Crippen LogP contribution in [0.3, 0.4) is 0 Å². The van der Waals surface area contributed by atoms with E-state index in [1.807, 2.05) is 30.3 Å². The van der Waals surface area contributed by atoms with Crippen molar-refractivity contribution in [2.45, 2.75) is 37.5 Å². The molecule has 0 N–H and O–H groups in total. The standard InChI is InChI=1S/C49H37N3O/c1-2-8-32(9-3-1)46-50-47(33-16-14-31(15-17-33)34-19-21-45-41(27-34)39-11-5-7-13-44(39)53-45)52-48(51-46)35-18-20-43-40(28-35)38-10-4-6-12-42(38)49(43)36-23-29-22-30(25-36)26-37(49)24-29/h1-21,27-30,36-37H,22-26H2. The van der Waals surface area contributed by atoms with Gasteiger partial charge in [-0.05, 0) is 113 Å². The van der Waals surface area contributed by atoms with Crippen molar-refractivity contribution in [1.29, 1.82) is 0 Å². The quantitative estimate of drug-likeness (QED) is 0.185. The van der Waals surface area contributed by atoms with E-state index in [2.05, 4.69) is 109 Å². The first kappa shape index (κ1) is 29.7. The first-order chi connectivity index (χ1) is 26.2. The van der Waals surface area contributed by atoms with E-state index in [1.165, 1.54) is 43.2 Å². The maximum atomic E-state index is 6.09. The molecule has 0 radical (unpaired) electrons. The number of rotatable bonds is 4. The Kier molecular flexibility index (Phi) is 6.20. The fourth-order valence-electron chi connectivity index (χ4n) is 11.4. The molecule has 8 aromatic rings. The lowest BCUT2D eigenvalue weighted by Gasteiger charge is -2.61. The van der Waals surface area contributed by atoms with Gasteiger partial charge in [0.05, 0.1) is 0 Å². The molecule has 4 bridgehead atoms. The van der Waals surface area contributed by atoms with Crippen molar-refractivity contribution in [1.82, 2.24) is 15.0 Å². The minimum atomic E-state index is 0.147. The monoisotopic (exact) mass is 683 g/mol. The average Bonchev–Trinajstić information content (AvgIpc) is 3.73. The van der Waals surface area contributed by atoms with Crippen molar-refractivity contribution in [2.75, 3.05) is 0 Å². The van der Waals surface area contributed by atoms with Crippen LogP contribution in [0.25, 0.3) is 78.4 Å². The number of hydrogen-bond donors (Lipinski definition) is 0. The highest BCUT2D eigenvalue weighted by Gasteiger charge is 2.61. The minimum absolute atomic E-state index is 0.147. The Balaban J connectivity index is 0.964. The van der Waals surface area contributed by atoms with Gasteiger partial charge >= 0.3 is 0 Å². The van der Waals surface area contributed by atoms with Crippen LogP contribution >= 0.6 is 0 Å². The van der Waals surface area contributed by atoms with Gasteiger partial charge in [0.25, 0.3) is 0 Å². The SMILES string of the molecule is c1ccc(-c2nc(-c3ccc(-c4ccc5oc6ccccc6c5c4)cc3)nc(-c3ccc4c(c3)-c3ccccc3C43C4CC5CC(C4)CC3C5)n2)cc1. The van der Waals surface area contributed by atoms with Crippen LogP contribution < -0.4 is 0 Å². The van der Waals surface area contributed by atoms with Crippen LogP contribution in [-0.4, -0.2) is 15.0 Å². The van der Waals surface area contributed by atoms with E-state index in [4.69, 9.17) is 19.4 Å². The van der Waals surface area contributed by atoms with Gasteiger partial charge in [-0.2, -0.15) is 0 Å². The lowest BCUT2D eigenvalue weighted by molar-refractivity contribution is -0.0399. The Morgan fingerprint density at radius 2 is 0.981 bits per heavy atom. The number of hydrogen-bond acceptors (Lipinski definition) is 4. The van der Waals surface area contributed by atoms with Crippen LogP contribution in [0.2, 0.25) is 0 Å². The van der Waals surface area contributed by atoms with E-state index < -0.39 is 0 Å². The number of benzene rings is 6. The molecule has 5 aliphatic rings. The molecule has 13 rings (SSSR count). The number of fused-ring (bicyclic) bond motifs is 6. The second kappa shape index (κ2) is 11.1. The van der Waals surface area contributed by atoms with E-state index in [0.717, 1.165) is 73.4 Å². The van der Waals surface area contributed by atoms with Crippen LogP contribution in [0.4, 0.5) is 0 Å². The lowest BCUT2D eigenvalue weighted by atomic mass is 9.43. The molecule has 0 aliphatic heterocycles. The zero-order valence-electron chi connectivity index (χ0n) is 29.4. The van der Waals surface area contributed by atoms with Crippen molar-refractivity contribution < 1.29 is 4.42 Å². The third kappa shape index (κ3) is 4.32. The number of furan rings is 1. The summed E-state index contributed by atoms with van der Waals surface area (Å²) in [6, 6.07) is 50.0. The fraction of sp³-hybridized carbons (Fsp3) is 0.204. The van der Waals surface area contributed by atoms with E-state index >= 15 is 0 Å². The Labute approximate surface area is 308 Å². The highest BCUT2D eigenvalue weighted by atomic mass is 16.3. The smallest absolute Gasteiger partial charge is 0.164 e. The van der Waals surface area contributed by atoms with Crippen molar-refractivity contribution in [3.63, 3.8) is 0 Å². The molecule has 6 aromatic carbocycles. The predicted octanol–water partition coefficient (Wildman–Crippen LogP) is 12.2. The maximum absolute atomic E-state index is 6.09. The molecule has 53 heavy (non-hydrogen) atoms. The molecule has 2 aromatic heterocycles. The molecule has 0 unspecified atom stereocenters. The third-order valence-electron chi connectivity index (χ3n) is 13.3. The molecular weight excluding hydrogens is 647 g/mol. The van der Waals surface area contributed by atoms with Gasteiger partial charge in [-0.15, -0.1) is 0 Å². The van der Waals surface area contributed by atoms with Gasteiger partial charge < -0.3 is 4.42 Å². The molecule has 4 saturated carbocycles. The summed E-state index contributed by atoms with van der Waals surface area (Å²) in [6.07, 6.45) is 6.99. The van der Waals surface area contributed by atoms with Gasteiger partial charge in [-0.25, -0.2) is 15.0 Å². The predicted molar refractivity (Wildman–Crippen MR) is 212 cm³/mol. The zero-order valence-corrected chi connectivity index (χ0v) is 29.4. The zero-order chi connectivity index (χ0) is 34.7. The second-order valence-corrected chi connectivity index (χ2v) is 16.0. The number of nitrogens with zero attached hydrogens (tertiary/aromatic N) is 3. The molecule has 254 valence electrons. The number of aromatic nitrogens is 3. The van der Waals surface area contributed by atoms with E-state index in [0.29, 0.717) is 17.5 Å². The molecule has 1 spiro atoms. The summed E-state index contributed by atoms with van der Waals surface area (Å²) in [5, 5.41) is 2.26. The van der Waals surface area contributed by atoms with Crippen molar-refractivity contribution >= 4 is 21.9 Å². The van der Waals surface area contributed by atoms with E-state index in [9.17, 15) is 0 Å². The van der Waals surface area contributed by atoms with E-state index in [-0.39, 0.29) is 5.41 Å². The Hall–Kier alpha value is -5.87. The Morgan fingerprint density at radius 1 is 0.415 bits per heavy atom. The Morgan fingerprint density at radius 3 is 1.75 bits per heavy atom. The summed E-state index contributed by atoms with van der Waals surface area (Å²) in [7, 11) is 0. The number of para-hydroxylation sites is 1. The fourth-order valence-corrected chi connectivity index (χ4v) is 11.4. The molecule has 0 amide bonds. The van der Waals surface area contributed by atoms with Gasteiger partial charge in [0.15, 0.2) is 17.5 Å². The molecule has 4 nitrogen and oxygen atoms in total. The molecule has 4 fully saturated rings. The Bertz CT molecular complexity index is 2720. The molecule has 5 aliphatic carbocycles. The summed E-state index contributed by atoms with van der Waals surface area (Å²) in [5.74, 6) is 5.40. The van der Waals surface area contributed by atoms with Gasteiger partial charge in [-0.3, -0.25) is 0 Å². The van der Waals surface area contributed by atoms with Crippen LogP contribution in [0.15, 0.2) is 144 Å². The molecule has 0 atom stereocenters. The van der Waals surface area contributed by atoms with Gasteiger partial charge in [0, 0.05) is 32.9 Å². The largest absolute Gasteiger partial charge is 0.456 e. The van der Waals surface area contributed by atoms with Crippen LogP contribution in [0, 0.1) is 23.7 Å². The molecular formula is C49H37N3O. The van der Waals surface area contributed by atoms with E-state index in [1.54, 1.807) is 11.1 Å². The van der Waals surface area contributed by atoms with Gasteiger partial charge in [0.2, 0.25) is 0 Å². The summed E-state index contributed by atoms with van der Waals surface area (Å²) in [4.78, 5) is 15.4. The summed E-state index contributed by atoms with van der Waals surface area (Å²) < 4.78 is 6.09. The molecule has 0 saturated heterocycles. The highest BCUT2D eigenvalue weighted by Crippen LogP contribution is 2.69. The van der Waals surface area contributed by atoms with Crippen LogP contribution in [0.1, 0.15) is 43.2 Å². The minimum Gasteiger partial charge on any atom is -0.456 e. The van der Waals surface area contributed by atoms with Gasteiger partial charge in [-0.1, -0.05) is 115 Å². The normalized spacial score (nSPS) is 23.5. The second-order valence-electron chi connectivity index (χ2n) is 16.0. The molecule has 2 heterocycles. The van der Waals surface area contributed by atoms with Gasteiger partial charge in [0.1, 0.15) is 11.2 Å². The lowest BCUT2D eigenvalue weighted by Crippen LogP contribution is -2.55. The van der Waals surface area contributed by atoms with Crippen molar-refractivity contribution in [3.8, 4) is 56.4 Å². The third-order valence-corrected chi connectivity index (χ3v) is 13.3. The first-order valence-electron chi connectivity index (χ1n) is 19.3. The van der Waals surface area contributed by atoms with Crippen LogP contribution in [0.5, 0.6) is 0 Å². The maximum Gasteiger partial charge on any atom is 0.164 e. The molecule has 4 heteroatoms. The summed E-state index contributed by atoms with van der Waals surface area (Å²) >= 11 is 0. The summed E-state index contributed by atoms with van der Waals surface area (Å²) in [5.41, 5.74) is 13.1.